The number of hydrogen-bond acceptors (Lipinski definition) is 3. The van der Waals surface area contributed by atoms with Crippen molar-refractivity contribution in [3.05, 3.63) is 62.5 Å². The summed E-state index contributed by atoms with van der Waals surface area (Å²) in [7, 11) is 0. The smallest absolute Gasteiger partial charge is 0.329 e. The van der Waals surface area contributed by atoms with Crippen LogP contribution in [0.25, 0.3) is 0 Å². The van der Waals surface area contributed by atoms with Crippen molar-refractivity contribution in [2.24, 2.45) is 0 Å². The van der Waals surface area contributed by atoms with Crippen LogP contribution >= 0.6 is 39.1 Å². The van der Waals surface area contributed by atoms with Crippen molar-refractivity contribution in [1.82, 2.24) is 0 Å². The molecule has 1 heterocycles. The number of carbonyl (C=O) groups is 1. The number of hydrogen-bond donors (Lipinski definition) is 1. The Labute approximate surface area is 153 Å². The Morgan fingerprint density at radius 1 is 1.17 bits per heavy atom. The Hall–Kier alpha value is -1.23. The fourth-order valence-corrected chi connectivity index (χ4v) is 3.53. The molecule has 0 spiro atoms. The van der Waals surface area contributed by atoms with Crippen molar-refractivity contribution in [2.75, 3.05) is 5.32 Å². The van der Waals surface area contributed by atoms with Crippen LogP contribution in [0.5, 0.6) is 0 Å². The largest absolute Gasteiger partial charge is 0.453 e. The van der Waals surface area contributed by atoms with Crippen LogP contribution in [0.15, 0.2) is 46.9 Å². The van der Waals surface area contributed by atoms with Crippen LogP contribution in [0.3, 0.4) is 0 Å². The zero-order valence-corrected chi connectivity index (χ0v) is 15.4. The highest BCUT2D eigenvalue weighted by atomic mass is 79.9. The fraction of sp³-hybridized carbons (Fsp3) is 0.235. The monoisotopic (exact) mass is 413 g/mol. The number of esters is 1. The van der Waals surface area contributed by atoms with Crippen molar-refractivity contribution in [3.63, 3.8) is 0 Å². The van der Waals surface area contributed by atoms with Gasteiger partial charge in [-0.3, -0.25) is 0 Å². The Kier molecular flexibility index (Phi) is 4.59. The molecule has 3 nitrogen and oxygen atoms in total. The third-order valence-electron chi connectivity index (χ3n) is 3.86. The molecule has 1 aliphatic rings. The molecular weight excluding hydrogens is 401 g/mol. The third kappa shape index (κ3) is 3.65. The molecule has 0 radical (unpaired) electrons. The topological polar surface area (TPSA) is 38.3 Å². The fourth-order valence-electron chi connectivity index (χ4n) is 2.74. The van der Waals surface area contributed by atoms with Gasteiger partial charge in [0.15, 0.2) is 0 Å². The molecule has 1 N–H and O–H groups in total. The zero-order valence-electron chi connectivity index (χ0n) is 12.3. The summed E-state index contributed by atoms with van der Waals surface area (Å²) in [6.07, 6.45) is 0.525. The molecule has 2 aromatic carbocycles. The Morgan fingerprint density at radius 2 is 1.78 bits per heavy atom. The molecule has 2 atom stereocenters. The van der Waals surface area contributed by atoms with E-state index in [-0.39, 0.29) is 5.97 Å². The summed E-state index contributed by atoms with van der Waals surface area (Å²) in [4.78, 5) is 12.2. The Morgan fingerprint density at radius 3 is 2.39 bits per heavy atom. The lowest BCUT2D eigenvalue weighted by atomic mass is 9.91. The van der Waals surface area contributed by atoms with E-state index in [9.17, 15) is 4.79 Å². The Bertz CT molecular complexity index is 731. The minimum atomic E-state index is -0.655. The van der Waals surface area contributed by atoms with Gasteiger partial charge in [-0.05, 0) is 42.8 Å². The first-order valence-electron chi connectivity index (χ1n) is 7.07. The molecular formula is C17H14BrCl2NO2. The first kappa shape index (κ1) is 16.6. The third-order valence-corrected chi connectivity index (χ3v) is 4.83. The predicted octanol–water partition coefficient (Wildman–Crippen LogP) is 5.40. The summed E-state index contributed by atoms with van der Waals surface area (Å²) in [6.45, 7) is 1.92. The van der Waals surface area contributed by atoms with Crippen LogP contribution < -0.4 is 5.32 Å². The van der Waals surface area contributed by atoms with Gasteiger partial charge in [0.2, 0.25) is 0 Å². The summed E-state index contributed by atoms with van der Waals surface area (Å²) in [5.74, 6) is -0.286. The maximum absolute atomic E-state index is 12.2. The van der Waals surface area contributed by atoms with E-state index >= 15 is 0 Å². The first-order chi connectivity index (χ1) is 10.9. The summed E-state index contributed by atoms with van der Waals surface area (Å²) >= 11 is 15.4. The van der Waals surface area contributed by atoms with Crippen molar-refractivity contribution < 1.29 is 9.53 Å². The quantitative estimate of drug-likeness (QED) is 0.683. The van der Waals surface area contributed by atoms with E-state index in [0.29, 0.717) is 22.2 Å². The van der Waals surface area contributed by atoms with Gasteiger partial charge in [-0.1, -0.05) is 51.3 Å². The van der Waals surface area contributed by atoms with Gasteiger partial charge < -0.3 is 10.1 Å². The summed E-state index contributed by atoms with van der Waals surface area (Å²) in [5.41, 5.74) is 1.00. The van der Waals surface area contributed by atoms with Crippen LogP contribution in [0, 0.1) is 0 Å². The second-order valence-corrected chi connectivity index (χ2v) is 7.51. The number of rotatable bonds is 3. The van der Waals surface area contributed by atoms with Crippen LogP contribution in [-0.2, 0) is 15.1 Å². The lowest BCUT2D eigenvalue weighted by Gasteiger charge is -2.23. The maximum Gasteiger partial charge on any atom is 0.329 e. The van der Waals surface area contributed by atoms with Crippen LogP contribution in [0.2, 0.25) is 10.0 Å². The van der Waals surface area contributed by atoms with Crippen molar-refractivity contribution in [2.45, 2.75) is 25.0 Å². The number of ether oxygens (including phenoxy) is 1. The number of carbonyl (C=O) groups excluding carboxylic acids is 1. The molecule has 2 aromatic rings. The van der Waals surface area contributed by atoms with E-state index in [4.69, 9.17) is 27.9 Å². The van der Waals surface area contributed by atoms with Gasteiger partial charge in [0.25, 0.3) is 0 Å². The van der Waals surface area contributed by atoms with Crippen molar-refractivity contribution in [3.8, 4) is 0 Å². The zero-order chi connectivity index (χ0) is 16.6. The maximum atomic E-state index is 12.2. The first-order valence-corrected chi connectivity index (χ1v) is 8.62. The average molecular weight is 415 g/mol. The van der Waals surface area contributed by atoms with Crippen LogP contribution in [-0.4, -0.2) is 12.0 Å². The van der Waals surface area contributed by atoms with Gasteiger partial charge in [-0.15, -0.1) is 0 Å². The molecule has 3 rings (SSSR count). The van der Waals surface area contributed by atoms with Crippen molar-refractivity contribution in [1.29, 1.82) is 0 Å². The molecule has 0 aliphatic carbocycles. The minimum Gasteiger partial charge on any atom is -0.453 e. The molecule has 1 aliphatic heterocycles. The van der Waals surface area contributed by atoms with Gasteiger partial charge in [-0.25, -0.2) is 4.79 Å². The molecule has 0 bridgehead atoms. The van der Waals surface area contributed by atoms with Gasteiger partial charge in [-0.2, -0.15) is 0 Å². The lowest BCUT2D eigenvalue weighted by molar-refractivity contribution is -0.148. The minimum absolute atomic E-state index is 0.286. The van der Waals surface area contributed by atoms with Gasteiger partial charge in [0, 0.05) is 26.6 Å². The number of halogens is 3. The van der Waals surface area contributed by atoms with E-state index in [0.717, 1.165) is 10.0 Å². The molecule has 6 heteroatoms. The molecule has 0 aromatic heterocycles. The molecule has 120 valence electrons. The molecule has 0 saturated carbocycles. The second kappa shape index (κ2) is 6.34. The molecule has 1 saturated heterocycles. The highest BCUT2D eigenvalue weighted by Crippen LogP contribution is 2.38. The van der Waals surface area contributed by atoms with Crippen LogP contribution in [0.1, 0.15) is 18.9 Å². The highest BCUT2D eigenvalue weighted by Gasteiger charge is 2.44. The molecule has 1 fully saturated rings. The van der Waals surface area contributed by atoms with Crippen molar-refractivity contribution >= 4 is 50.8 Å². The number of nitrogens with one attached hydrogen (secondary N) is 1. The van der Waals surface area contributed by atoms with E-state index in [1.165, 1.54) is 0 Å². The van der Waals surface area contributed by atoms with Gasteiger partial charge in [0.1, 0.15) is 11.6 Å². The molecule has 2 unspecified atom stereocenters. The SMILES string of the molecule is CC1(c2ccc(Br)cc2)CC(Nc2cc(Cl)cc(Cl)c2)C(=O)O1. The number of anilines is 1. The Balaban J connectivity index is 1.80. The summed E-state index contributed by atoms with van der Waals surface area (Å²) in [6, 6.07) is 12.4. The molecule has 23 heavy (non-hydrogen) atoms. The number of benzene rings is 2. The van der Waals surface area contributed by atoms with Gasteiger partial charge >= 0.3 is 5.97 Å². The normalized spacial score (nSPS) is 23.7. The average Bonchev–Trinajstić information content (AvgIpc) is 2.74. The lowest BCUT2D eigenvalue weighted by Crippen LogP contribution is -2.25. The van der Waals surface area contributed by atoms with Crippen LogP contribution in [0.4, 0.5) is 5.69 Å². The number of cyclic esters (lactones) is 1. The van der Waals surface area contributed by atoms with E-state index in [1.54, 1.807) is 18.2 Å². The highest BCUT2D eigenvalue weighted by molar-refractivity contribution is 9.10. The predicted molar refractivity (Wildman–Crippen MR) is 96.1 cm³/mol. The summed E-state index contributed by atoms with van der Waals surface area (Å²) in [5, 5.41) is 4.19. The standard InChI is InChI=1S/C17H14BrCl2NO2/c1-17(10-2-4-11(18)5-3-10)9-15(16(22)23-17)21-14-7-12(19)6-13(20)8-14/h2-8,15,21H,9H2,1H3. The van der Waals surface area contributed by atoms with E-state index < -0.39 is 11.6 Å². The van der Waals surface area contributed by atoms with E-state index in [2.05, 4.69) is 21.2 Å². The second-order valence-electron chi connectivity index (χ2n) is 5.72. The summed E-state index contributed by atoms with van der Waals surface area (Å²) < 4.78 is 6.62. The molecule has 0 amide bonds. The van der Waals surface area contributed by atoms with Gasteiger partial charge in [0.05, 0.1) is 0 Å². The van der Waals surface area contributed by atoms with E-state index in [1.807, 2.05) is 31.2 Å².